The fraction of sp³-hybridized carbons (Fsp3) is 0.552. The average molecular weight is 485 g/mol. The fourth-order valence-electron chi connectivity index (χ4n) is 7.11. The summed E-state index contributed by atoms with van der Waals surface area (Å²) < 4.78 is 7.34. The molecule has 3 aliphatic rings. The van der Waals surface area contributed by atoms with Gasteiger partial charge in [0.25, 0.3) is 0 Å². The molecule has 0 radical (unpaired) electrons. The quantitative estimate of drug-likeness (QED) is 0.420. The standard InChI is InChI=1S/C29H36N6O/c1-17(2)24-25(21-10-35-27(30-16-31-35)19(4)18(21)3)33-23-7-6-22(32-26(23)24)20-8-29(9-20)12-34(13-29)11-28(5)14-36-15-28/h6-7,10,16-17,20,33H,8-9,11-15H2,1-5H3. The van der Waals surface area contributed by atoms with Crippen LogP contribution in [0.4, 0.5) is 0 Å². The number of H-pyrrole nitrogens is 1. The van der Waals surface area contributed by atoms with Crippen LogP contribution in [0.1, 0.15) is 67.8 Å². The Kier molecular flexibility index (Phi) is 4.75. The number of likely N-dealkylation sites (tertiary alicyclic amines) is 1. The molecule has 0 bridgehead atoms. The molecule has 1 saturated carbocycles. The van der Waals surface area contributed by atoms with Crippen LogP contribution in [-0.2, 0) is 4.74 Å². The van der Waals surface area contributed by atoms with Crippen molar-refractivity contribution in [2.45, 2.75) is 59.3 Å². The van der Waals surface area contributed by atoms with Crippen LogP contribution in [0.2, 0.25) is 0 Å². The molecule has 2 saturated heterocycles. The summed E-state index contributed by atoms with van der Waals surface area (Å²) in [5.41, 5.74) is 11.4. The number of nitrogens with zero attached hydrogens (tertiary/aromatic N) is 5. The summed E-state index contributed by atoms with van der Waals surface area (Å²) in [6.07, 6.45) is 6.27. The molecule has 0 unspecified atom stereocenters. The summed E-state index contributed by atoms with van der Waals surface area (Å²) in [6, 6.07) is 4.50. The van der Waals surface area contributed by atoms with Gasteiger partial charge >= 0.3 is 0 Å². The van der Waals surface area contributed by atoms with Gasteiger partial charge in [-0.25, -0.2) is 9.50 Å². The zero-order valence-electron chi connectivity index (χ0n) is 22.1. The lowest BCUT2D eigenvalue weighted by atomic mass is 9.56. The summed E-state index contributed by atoms with van der Waals surface area (Å²) in [5, 5.41) is 4.42. The molecular weight excluding hydrogens is 448 g/mol. The Hall–Kier alpha value is -2.77. The second kappa shape index (κ2) is 7.62. The number of aryl methyl sites for hydroxylation is 1. The van der Waals surface area contributed by atoms with Gasteiger partial charge in [-0.05, 0) is 61.3 Å². The predicted octanol–water partition coefficient (Wildman–Crippen LogP) is 5.23. The Labute approximate surface area is 212 Å². The first-order valence-electron chi connectivity index (χ1n) is 13.4. The van der Waals surface area contributed by atoms with Crippen molar-refractivity contribution in [3.8, 4) is 11.3 Å². The number of ether oxygens (including phenoxy) is 1. The van der Waals surface area contributed by atoms with Crippen molar-refractivity contribution in [1.29, 1.82) is 0 Å². The third-order valence-electron chi connectivity index (χ3n) is 9.08. The molecule has 7 heteroatoms. The molecule has 0 atom stereocenters. The van der Waals surface area contributed by atoms with E-state index in [1.54, 1.807) is 6.33 Å². The summed E-state index contributed by atoms with van der Waals surface area (Å²) in [5.74, 6) is 0.931. The van der Waals surface area contributed by atoms with Gasteiger partial charge in [0.1, 0.15) is 6.33 Å². The number of fused-ring (bicyclic) bond motifs is 2. The van der Waals surface area contributed by atoms with Crippen LogP contribution in [0.3, 0.4) is 0 Å². The molecule has 1 N–H and O–H groups in total. The number of hydrogen-bond donors (Lipinski definition) is 1. The Bertz CT molecular complexity index is 1480. The van der Waals surface area contributed by atoms with Gasteiger partial charge in [0, 0.05) is 54.0 Å². The highest BCUT2D eigenvalue weighted by atomic mass is 16.5. The van der Waals surface area contributed by atoms with Crippen LogP contribution in [0.5, 0.6) is 0 Å². The molecule has 0 aromatic carbocycles. The van der Waals surface area contributed by atoms with Crippen LogP contribution < -0.4 is 0 Å². The van der Waals surface area contributed by atoms with E-state index < -0.39 is 0 Å². The maximum Gasteiger partial charge on any atom is 0.158 e. The highest BCUT2D eigenvalue weighted by molar-refractivity contribution is 5.89. The zero-order valence-corrected chi connectivity index (χ0v) is 22.1. The first kappa shape index (κ1) is 22.4. The zero-order chi connectivity index (χ0) is 24.8. The molecule has 6 heterocycles. The van der Waals surface area contributed by atoms with E-state index in [9.17, 15) is 0 Å². The van der Waals surface area contributed by atoms with Crippen molar-refractivity contribution in [3.63, 3.8) is 0 Å². The van der Waals surface area contributed by atoms with E-state index in [0.717, 1.165) is 35.6 Å². The van der Waals surface area contributed by atoms with E-state index in [-0.39, 0.29) is 0 Å². The lowest BCUT2D eigenvalue weighted by Crippen LogP contribution is -2.64. The van der Waals surface area contributed by atoms with Crippen molar-refractivity contribution >= 4 is 16.7 Å². The van der Waals surface area contributed by atoms with E-state index >= 15 is 0 Å². The number of rotatable bonds is 5. The molecule has 1 spiro atoms. The molecule has 3 fully saturated rings. The van der Waals surface area contributed by atoms with Gasteiger partial charge in [0.05, 0.1) is 29.9 Å². The van der Waals surface area contributed by atoms with Crippen molar-refractivity contribution < 1.29 is 4.74 Å². The van der Waals surface area contributed by atoms with Crippen molar-refractivity contribution in [3.05, 3.63) is 47.0 Å². The van der Waals surface area contributed by atoms with Crippen LogP contribution >= 0.6 is 0 Å². The molecular formula is C29H36N6O. The maximum absolute atomic E-state index is 5.45. The van der Waals surface area contributed by atoms with E-state index in [2.05, 4.69) is 72.9 Å². The molecule has 1 aliphatic carbocycles. The minimum absolute atomic E-state index is 0.354. The molecule has 4 aromatic heterocycles. The fourth-order valence-corrected chi connectivity index (χ4v) is 7.11. The lowest BCUT2D eigenvalue weighted by Gasteiger charge is -2.61. The van der Waals surface area contributed by atoms with Crippen molar-refractivity contribution in [2.24, 2.45) is 10.8 Å². The molecule has 4 aromatic rings. The number of pyridine rings is 2. The number of aromatic nitrogens is 5. The molecule has 0 amide bonds. The smallest absolute Gasteiger partial charge is 0.158 e. The highest BCUT2D eigenvalue weighted by Gasteiger charge is 2.54. The van der Waals surface area contributed by atoms with Crippen LogP contribution in [0.15, 0.2) is 24.7 Å². The van der Waals surface area contributed by atoms with E-state index in [4.69, 9.17) is 9.72 Å². The van der Waals surface area contributed by atoms with Gasteiger partial charge < -0.3 is 14.6 Å². The topological polar surface area (TPSA) is 71.3 Å². The maximum atomic E-state index is 5.45. The third kappa shape index (κ3) is 3.28. The van der Waals surface area contributed by atoms with Crippen molar-refractivity contribution in [2.75, 3.05) is 32.8 Å². The summed E-state index contributed by atoms with van der Waals surface area (Å²) >= 11 is 0. The second-order valence-corrected chi connectivity index (χ2v) is 12.6. The molecule has 36 heavy (non-hydrogen) atoms. The van der Waals surface area contributed by atoms with E-state index in [0.29, 0.717) is 22.7 Å². The molecule has 7 nitrogen and oxygen atoms in total. The number of nitrogens with one attached hydrogen (secondary N) is 1. The lowest BCUT2D eigenvalue weighted by molar-refractivity contribution is -0.152. The normalized spacial score (nSPS) is 21.3. The highest BCUT2D eigenvalue weighted by Crippen LogP contribution is 2.56. The van der Waals surface area contributed by atoms with E-state index in [1.165, 1.54) is 60.4 Å². The predicted molar refractivity (Wildman–Crippen MR) is 141 cm³/mol. The monoisotopic (exact) mass is 484 g/mol. The number of hydrogen-bond acceptors (Lipinski definition) is 5. The minimum atomic E-state index is 0.354. The van der Waals surface area contributed by atoms with Gasteiger partial charge in [-0.15, -0.1) is 0 Å². The van der Waals surface area contributed by atoms with Gasteiger partial charge in [-0.3, -0.25) is 4.98 Å². The first-order valence-corrected chi connectivity index (χ1v) is 13.4. The van der Waals surface area contributed by atoms with Gasteiger partial charge in [-0.1, -0.05) is 20.8 Å². The molecule has 7 rings (SSSR count). The Morgan fingerprint density at radius 2 is 1.92 bits per heavy atom. The van der Waals surface area contributed by atoms with Gasteiger partial charge in [0.15, 0.2) is 5.65 Å². The molecule has 2 aliphatic heterocycles. The van der Waals surface area contributed by atoms with Gasteiger partial charge in [0.2, 0.25) is 0 Å². The van der Waals surface area contributed by atoms with Crippen LogP contribution in [-0.4, -0.2) is 62.3 Å². The summed E-state index contributed by atoms with van der Waals surface area (Å²) in [6.45, 7) is 16.7. The molecule has 188 valence electrons. The Morgan fingerprint density at radius 1 is 1.14 bits per heavy atom. The summed E-state index contributed by atoms with van der Waals surface area (Å²) in [4.78, 5) is 16.1. The van der Waals surface area contributed by atoms with Crippen LogP contribution in [0.25, 0.3) is 27.9 Å². The second-order valence-electron chi connectivity index (χ2n) is 12.6. The largest absolute Gasteiger partial charge is 0.380 e. The Morgan fingerprint density at radius 3 is 2.61 bits per heavy atom. The average Bonchev–Trinajstić information content (AvgIpc) is 3.39. The SMILES string of the molecule is Cc1c(-c2[nH]c3ccc(C4CC5(C4)CN(CC4(C)COC4)C5)nc3c2C(C)C)cn2ncnc2c1C. The van der Waals surface area contributed by atoms with Crippen LogP contribution in [0, 0.1) is 24.7 Å². The first-order chi connectivity index (χ1) is 17.2. The van der Waals surface area contributed by atoms with E-state index in [1.807, 2.05) is 4.52 Å². The minimum Gasteiger partial charge on any atom is -0.380 e. The number of aromatic amines is 1. The summed E-state index contributed by atoms with van der Waals surface area (Å²) in [7, 11) is 0. The van der Waals surface area contributed by atoms with Crippen molar-refractivity contribution in [1.82, 2.24) is 29.5 Å². The van der Waals surface area contributed by atoms with Gasteiger partial charge in [-0.2, -0.15) is 5.10 Å². The third-order valence-corrected chi connectivity index (χ3v) is 9.08. The Balaban J connectivity index is 1.17.